The molecule has 1 saturated heterocycles. The van der Waals surface area contributed by atoms with Gasteiger partial charge in [0.15, 0.2) is 0 Å². The summed E-state index contributed by atoms with van der Waals surface area (Å²) in [5, 5.41) is 0. The number of fused-ring (bicyclic) bond motifs is 3. The van der Waals surface area contributed by atoms with Crippen molar-refractivity contribution in [1.29, 1.82) is 0 Å². The number of alkyl halides is 6. The van der Waals surface area contributed by atoms with Gasteiger partial charge in [-0.15, -0.1) is 0 Å². The number of hydrogen-bond acceptors (Lipinski definition) is 2. The summed E-state index contributed by atoms with van der Waals surface area (Å²) in [6, 6.07) is 28.1. The molecule has 4 aromatic carbocycles. The Hall–Kier alpha value is -3.62. The third-order valence-corrected chi connectivity index (χ3v) is 8.77. The minimum atomic E-state index is -4.89. The Bertz CT molecular complexity index is 1490. The number of rotatable bonds is 5. The second-order valence-corrected chi connectivity index (χ2v) is 11.3. The Morgan fingerprint density at radius 3 is 1.57 bits per heavy atom. The summed E-state index contributed by atoms with van der Waals surface area (Å²) in [4.78, 5) is 4.64. The van der Waals surface area contributed by atoms with Crippen molar-refractivity contribution in [1.82, 2.24) is 9.80 Å². The highest BCUT2D eigenvalue weighted by atomic mass is 19.4. The Balaban J connectivity index is 1.32. The molecule has 8 heteroatoms. The molecule has 6 rings (SSSR count). The minimum Gasteiger partial charge on any atom is -0.291 e. The third kappa shape index (κ3) is 5.22. The molecule has 0 aromatic heterocycles. The van der Waals surface area contributed by atoms with Gasteiger partial charge in [0.05, 0.1) is 17.2 Å². The van der Waals surface area contributed by atoms with Crippen molar-refractivity contribution in [3.63, 3.8) is 0 Å². The van der Waals surface area contributed by atoms with Crippen LogP contribution in [0.4, 0.5) is 26.3 Å². The molecule has 1 aliphatic carbocycles. The monoisotopic (exact) mass is 580 g/mol. The van der Waals surface area contributed by atoms with Gasteiger partial charge in [0.1, 0.15) is 0 Å². The molecule has 218 valence electrons. The third-order valence-electron chi connectivity index (χ3n) is 8.77. The summed E-state index contributed by atoms with van der Waals surface area (Å²) in [5.74, 6) is 0. The van der Waals surface area contributed by atoms with E-state index in [0.29, 0.717) is 26.2 Å². The summed E-state index contributed by atoms with van der Waals surface area (Å²) in [5.41, 5.74) is 2.40. The zero-order chi connectivity index (χ0) is 29.7. The first-order valence-corrected chi connectivity index (χ1v) is 14.0. The van der Waals surface area contributed by atoms with Crippen LogP contribution in [-0.4, -0.2) is 36.0 Å². The fourth-order valence-corrected chi connectivity index (χ4v) is 6.71. The van der Waals surface area contributed by atoms with Crippen molar-refractivity contribution >= 4 is 0 Å². The molecule has 1 fully saturated rings. The quantitative estimate of drug-likeness (QED) is 0.218. The molecule has 1 unspecified atom stereocenters. The van der Waals surface area contributed by atoms with E-state index >= 15 is 0 Å². The Labute approximate surface area is 241 Å². The van der Waals surface area contributed by atoms with E-state index in [4.69, 9.17) is 0 Å². The van der Waals surface area contributed by atoms with E-state index in [0.717, 1.165) is 17.7 Å². The molecule has 2 aliphatic rings. The highest BCUT2D eigenvalue weighted by Crippen LogP contribution is 2.47. The van der Waals surface area contributed by atoms with Crippen LogP contribution in [0, 0.1) is 0 Å². The first-order valence-electron chi connectivity index (χ1n) is 14.0. The normalized spacial score (nSPS) is 18.0. The van der Waals surface area contributed by atoms with Crippen molar-refractivity contribution in [2.75, 3.05) is 26.2 Å². The van der Waals surface area contributed by atoms with E-state index in [-0.39, 0.29) is 24.1 Å². The number of nitrogens with zero attached hydrogens (tertiary/aromatic N) is 2. The molecular formula is C34H30F6N2. The van der Waals surface area contributed by atoms with Crippen LogP contribution in [0.1, 0.15) is 46.3 Å². The van der Waals surface area contributed by atoms with Crippen LogP contribution >= 0.6 is 0 Å². The van der Waals surface area contributed by atoms with Crippen molar-refractivity contribution in [2.24, 2.45) is 0 Å². The highest BCUT2D eigenvalue weighted by molar-refractivity contribution is 5.78. The van der Waals surface area contributed by atoms with Gasteiger partial charge in [0.25, 0.3) is 0 Å². The summed E-state index contributed by atoms with van der Waals surface area (Å²) in [6.07, 6.45) is -9.78. The maximum atomic E-state index is 13.7. The Morgan fingerprint density at radius 1 is 0.595 bits per heavy atom. The smallest absolute Gasteiger partial charge is 0.291 e. The van der Waals surface area contributed by atoms with Crippen LogP contribution in [0.15, 0.2) is 97.1 Å². The van der Waals surface area contributed by atoms with Crippen LogP contribution in [-0.2, 0) is 24.3 Å². The van der Waals surface area contributed by atoms with Gasteiger partial charge in [-0.3, -0.25) is 9.80 Å². The topological polar surface area (TPSA) is 6.48 Å². The number of piperazine rings is 1. The molecule has 0 bridgehead atoms. The minimum absolute atomic E-state index is 0.000884. The molecule has 42 heavy (non-hydrogen) atoms. The molecule has 0 saturated carbocycles. The van der Waals surface area contributed by atoms with Gasteiger partial charge < -0.3 is 0 Å². The lowest BCUT2D eigenvalue weighted by Crippen LogP contribution is -2.55. The zero-order valence-electron chi connectivity index (χ0n) is 23.0. The standard InChI is InChI=1S/C34H30F6N2/c1-32(24-9-3-2-4-10-24,22-23-19-25(33(35,36)37)21-26(20-23)34(38,39)40)42-17-15-41(16-18-42)31-29-13-7-5-11-27(29)28-12-6-8-14-30(28)31/h2-14,19-21,31H,15-18,22H2,1H3. The first kappa shape index (κ1) is 28.5. The van der Waals surface area contributed by atoms with E-state index in [1.807, 2.05) is 61.5 Å². The van der Waals surface area contributed by atoms with E-state index < -0.39 is 29.0 Å². The second-order valence-electron chi connectivity index (χ2n) is 11.3. The molecule has 2 nitrogen and oxygen atoms in total. The lowest BCUT2D eigenvalue weighted by atomic mass is 9.82. The number of hydrogen-bond donors (Lipinski definition) is 0. The van der Waals surface area contributed by atoms with Gasteiger partial charge in [-0.25, -0.2) is 0 Å². The average Bonchev–Trinajstić information content (AvgIpc) is 3.31. The molecule has 1 heterocycles. The lowest BCUT2D eigenvalue weighted by Gasteiger charge is -2.48. The molecule has 1 aliphatic heterocycles. The summed E-state index contributed by atoms with van der Waals surface area (Å²) in [6.45, 7) is 4.54. The predicted molar refractivity (Wildman–Crippen MR) is 151 cm³/mol. The SMILES string of the molecule is CC(Cc1cc(C(F)(F)F)cc(C(F)(F)F)c1)(c1ccccc1)N1CCN(C2c3ccccc3-c3ccccc32)CC1. The van der Waals surface area contributed by atoms with Crippen molar-refractivity contribution in [3.8, 4) is 11.1 Å². The summed E-state index contributed by atoms with van der Waals surface area (Å²) in [7, 11) is 0. The number of benzene rings is 4. The largest absolute Gasteiger partial charge is 0.416 e. The predicted octanol–water partition coefficient (Wildman–Crippen LogP) is 8.57. The van der Waals surface area contributed by atoms with E-state index in [2.05, 4.69) is 34.1 Å². The van der Waals surface area contributed by atoms with Crippen LogP contribution in [0.5, 0.6) is 0 Å². The Kier molecular flexibility index (Phi) is 7.18. The summed E-state index contributed by atoms with van der Waals surface area (Å²) >= 11 is 0. The van der Waals surface area contributed by atoms with Gasteiger partial charge in [-0.2, -0.15) is 26.3 Å². The van der Waals surface area contributed by atoms with Crippen molar-refractivity contribution in [3.05, 3.63) is 130 Å². The second kappa shape index (κ2) is 10.6. The van der Waals surface area contributed by atoms with Crippen molar-refractivity contribution in [2.45, 2.75) is 37.3 Å². The summed E-state index contributed by atoms with van der Waals surface area (Å²) < 4.78 is 82.0. The van der Waals surface area contributed by atoms with Crippen LogP contribution in [0.2, 0.25) is 0 Å². The Morgan fingerprint density at radius 2 is 1.07 bits per heavy atom. The molecule has 0 amide bonds. The lowest BCUT2D eigenvalue weighted by molar-refractivity contribution is -0.143. The zero-order valence-corrected chi connectivity index (χ0v) is 23.0. The maximum absolute atomic E-state index is 13.7. The van der Waals surface area contributed by atoms with E-state index in [1.165, 1.54) is 22.3 Å². The average molecular weight is 581 g/mol. The fourth-order valence-electron chi connectivity index (χ4n) is 6.71. The van der Waals surface area contributed by atoms with Gasteiger partial charge in [-0.1, -0.05) is 78.9 Å². The first-order chi connectivity index (χ1) is 19.9. The molecule has 0 radical (unpaired) electrons. The van der Waals surface area contributed by atoms with E-state index in [9.17, 15) is 26.3 Å². The molecule has 0 spiro atoms. The van der Waals surface area contributed by atoms with Crippen LogP contribution < -0.4 is 0 Å². The fraction of sp³-hybridized carbons (Fsp3) is 0.294. The van der Waals surface area contributed by atoms with Crippen molar-refractivity contribution < 1.29 is 26.3 Å². The van der Waals surface area contributed by atoms with Gasteiger partial charge in [0.2, 0.25) is 0 Å². The molecule has 4 aromatic rings. The van der Waals surface area contributed by atoms with Crippen LogP contribution in [0.3, 0.4) is 0 Å². The number of halogens is 6. The molecular weight excluding hydrogens is 550 g/mol. The highest BCUT2D eigenvalue weighted by Gasteiger charge is 2.41. The van der Waals surface area contributed by atoms with Gasteiger partial charge >= 0.3 is 12.4 Å². The molecule has 1 atom stereocenters. The van der Waals surface area contributed by atoms with Crippen LogP contribution in [0.25, 0.3) is 11.1 Å². The van der Waals surface area contributed by atoms with Gasteiger partial charge in [-0.05, 0) is 64.9 Å². The molecule has 0 N–H and O–H groups in total. The maximum Gasteiger partial charge on any atom is 0.416 e. The van der Waals surface area contributed by atoms with Gasteiger partial charge in [0, 0.05) is 31.7 Å². The van der Waals surface area contributed by atoms with E-state index in [1.54, 1.807) is 0 Å².